The lowest BCUT2D eigenvalue weighted by Gasteiger charge is -2.13. The number of halogens is 2. The van der Waals surface area contributed by atoms with E-state index in [2.05, 4.69) is 12.1 Å². The monoisotopic (exact) mass is 519 g/mol. The van der Waals surface area contributed by atoms with Crippen molar-refractivity contribution in [1.82, 2.24) is 9.13 Å². The van der Waals surface area contributed by atoms with Crippen LogP contribution in [0.4, 0.5) is 8.78 Å². The Kier molecular flexibility index (Phi) is 4.94. The van der Waals surface area contributed by atoms with Crippen LogP contribution in [0.1, 0.15) is 16.7 Å². The van der Waals surface area contributed by atoms with Crippen molar-refractivity contribution < 1.29 is 8.78 Å². The van der Waals surface area contributed by atoms with Crippen LogP contribution in [-0.4, -0.2) is 9.13 Å². The molecule has 0 radical (unpaired) electrons. The van der Waals surface area contributed by atoms with E-state index in [4.69, 9.17) is 0 Å². The van der Waals surface area contributed by atoms with E-state index in [1.54, 1.807) is 4.57 Å². The zero-order valence-electron chi connectivity index (χ0n) is 20.7. The number of fused-ring (bicyclic) bond motifs is 6. The fraction of sp³-hybridized carbons (Fsp3) is 0. The van der Waals surface area contributed by atoms with Crippen LogP contribution in [0.5, 0.6) is 0 Å². The van der Waals surface area contributed by atoms with E-state index in [1.807, 2.05) is 71.3 Å². The smallest absolute Gasteiger partial charge is 0.147 e. The van der Waals surface area contributed by atoms with Crippen LogP contribution >= 0.6 is 0 Å². The number of nitriles is 3. The number of para-hydroxylation sites is 2. The first-order chi connectivity index (χ1) is 19.5. The van der Waals surface area contributed by atoms with E-state index in [9.17, 15) is 20.2 Å². The average Bonchev–Trinajstić information content (AvgIpc) is 3.48. The summed E-state index contributed by atoms with van der Waals surface area (Å²) < 4.78 is 33.1. The Morgan fingerprint density at radius 3 is 1.65 bits per heavy atom. The topological polar surface area (TPSA) is 81.2 Å². The highest BCUT2D eigenvalue weighted by atomic mass is 19.1. The lowest BCUT2D eigenvalue weighted by Crippen LogP contribution is -2.02. The molecule has 5 aromatic carbocycles. The normalized spacial score (nSPS) is 11.2. The second-order valence-corrected chi connectivity index (χ2v) is 9.44. The van der Waals surface area contributed by atoms with Gasteiger partial charge in [-0.05, 0) is 48.5 Å². The highest BCUT2D eigenvalue weighted by Crippen LogP contribution is 2.40. The quantitative estimate of drug-likeness (QED) is 0.234. The van der Waals surface area contributed by atoms with Gasteiger partial charge in [-0.2, -0.15) is 15.8 Å². The Morgan fingerprint density at radius 2 is 1.07 bits per heavy atom. The summed E-state index contributed by atoms with van der Waals surface area (Å²) in [5.41, 5.74) is 3.98. The standard InChI is InChI=1S/C33H15F2N5/c34-22-9-10-27(35)32(13-22)39-28-7-3-1-5-23(28)25-15-31-26(14-30(25)39)24-6-2-4-8-29(24)40(31)33-20(17-37)11-19(16-36)12-21(33)18-38/h1-15H. The minimum atomic E-state index is -0.554. The number of aromatic nitrogens is 2. The molecule has 0 bridgehead atoms. The van der Waals surface area contributed by atoms with Gasteiger partial charge in [0.25, 0.3) is 0 Å². The van der Waals surface area contributed by atoms with E-state index in [1.165, 1.54) is 18.2 Å². The minimum absolute atomic E-state index is 0.0971. The molecule has 5 nitrogen and oxygen atoms in total. The molecular formula is C33H15F2N5. The molecular weight excluding hydrogens is 504 g/mol. The maximum Gasteiger partial charge on any atom is 0.147 e. The van der Waals surface area contributed by atoms with Gasteiger partial charge in [0, 0.05) is 27.6 Å². The van der Waals surface area contributed by atoms with E-state index in [-0.39, 0.29) is 22.4 Å². The van der Waals surface area contributed by atoms with Crippen molar-refractivity contribution in [3.63, 3.8) is 0 Å². The molecule has 7 heteroatoms. The van der Waals surface area contributed by atoms with Crippen LogP contribution in [0.25, 0.3) is 55.0 Å². The highest BCUT2D eigenvalue weighted by molar-refractivity contribution is 6.19. The predicted octanol–water partition coefficient (Wildman–Crippen LogP) is 7.77. The summed E-state index contributed by atoms with van der Waals surface area (Å²) in [6.45, 7) is 0. The van der Waals surface area contributed by atoms with Gasteiger partial charge in [-0.25, -0.2) is 8.78 Å². The summed E-state index contributed by atoms with van der Waals surface area (Å²) in [5, 5.41) is 32.8. The highest BCUT2D eigenvalue weighted by Gasteiger charge is 2.22. The SMILES string of the molecule is N#Cc1cc(C#N)c(-n2c3ccccc3c3cc4c(cc32)c2ccccc2n4-c2cc(F)ccc2F)c(C#N)c1. The van der Waals surface area contributed by atoms with Crippen LogP contribution < -0.4 is 0 Å². The van der Waals surface area contributed by atoms with Crippen molar-refractivity contribution in [1.29, 1.82) is 15.8 Å². The maximum atomic E-state index is 15.1. The first-order valence-electron chi connectivity index (χ1n) is 12.3. The zero-order chi connectivity index (χ0) is 27.5. The van der Waals surface area contributed by atoms with Crippen LogP contribution in [-0.2, 0) is 0 Å². The number of nitrogens with zero attached hydrogens (tertiary/aromatic N) is 5. The molecule has 186 valence electrons. The third-order valence-electron chi connectivity index (χ3n) is 7.32. The van der Waals surface area contributed by atoms with Crippen molar-refractivity contribution in [3.8, 4) is 29.6 Å². The number of rotatable bonds is 2. The van der Waals surface area contributed by atoms with E-state index in [0.29, 0.717) is 16.7 Å². The van der Waals surface area contributed by atoms with Gasteiger partial charge in [-0.3, -0.25) is 0 Å². The number of benzene rings is 5. The second kappa shape index (κ2) is 8.53. The van der Waals surface area contributed by atoms with Crippen LogP contribution in [0.15, 0.2) is 91.0 Å². The van der Waals surface area contributed by atoms with Gasteiger partial charge in [0.05, 0.1) is 56.2 Å². The first-order valence-corrected chi connectivity index (χ1v) is 12.3. The van der Waals surface area contributed by atoms with Crippen molar-refractivity contribution in [2.24, 2.45) is 0 Å². The third-order valence-corrected chi connectivity index (χ3v) is 7.32. The second-order valence-electron chi connectivity index (χ2n) is 9.44. The lowest BCUT2D eigenvalue weighted by atomic mass is 10.0. The van der Waals surface area contributed by atoms with Gasteiger partial charge in [-0.1, -0.05) is 36.4 Å². The molecule has 0 aliphatic rings. The molecule has 2 heterocycles. The summed E-state index contributed by atoms with van der Waals surface area (Å²) in [7, 11) is 0. The van der Waals surface area contributed by atoms with Crippen LogP contribution in [0.2, 0.25) is 0 Å². The van der Waals surface area contributed by atoms with Crippen molar-refractivity contribution in [3.05, 3.63) is 119 Å². The Bertz CT molecular complexity index is 2300. The van der Waals surface area contributed by atoms with Gasteiger partial charge in [0.15, 0.2) is 0 Å². The number of hydrogen-bond donors (Lipinski definition) is 0. The molecule has 0 atom stereocenters. The van der Waals surface area contributed by atoms with Gasteiger partial charge in [-0.15, -0.1) is 0 Å². The molecule has 0 aliphatic carbocycles. The van der Waals surface area contributed by atoms with Crippen molar-refractivity contribution >= 4 is 43.6 Å². The molecule has 0 saturated carbocycles. The van der Waals surface area contributed by atoms with Crippen LogP contribution in [0, 0.1) is 45.6 Å². The Morgan fingerprint density at radius 1 is 0.525 bits per heavy atom. The Balaban J connectivity index is 1.70. The molecule has 40 heavy (non-hydrogen) atoms. The molecule has 7 rings (SSSR count). The summed E-state index contributed by atoms with van der Waals surface area (Å²) in [6.07, 6.45) is 0. The molecule has 2 aromatic heterocycles. The Hall–Kier alpha value is -5.97. The molecule has 0 amide bonds. The van der Waals surface area contributed by atoms with Crippen molar-refractivity contribution in [2.45, 2.75) is 0 Å². The number of hydrogen-bond acceptors (Lipinski definition) is 3. The minimum Gasteiger partial charge on any atom is -0.307 e. The summed E-state index contributed by atoms with van der Waals surface area (Å²) in [5.74, 6) is -1.10. The summed E-state index contributed by atoms with van der Waals surface area (Å²) in [6, 6.07) is 31.7. The van der Waals surface area contributed by atoms with Gasteiger partial charge in [0.1, 0.15) is 23.8 Å². The third kappa shape index (κ3) is 3.14. The van der Waals surface area contributed by atoms with Crippen LogP contribution in [0.3, 0.4) is 0 Å². The maximum absolute atomic E-state index is 15.1. The lowest BCUT2D eigenvalue weighted by molar-refractivity contribution is 0.595. The summed E-state index contributed by atoms with van der Waals surface area (Å²) in [4.78, 5) is 0. The van der Waals surface area contributed by atoms with E-state index >= 15 is 4.39 Å². The molecule has 7 aromatic rings. The zero-order valence-corrected chi connectivity index (χ0v) is 20.7. The largest absolute Gasteiger partial charge is 0.307 e. The fourth-order valence-corrected chi connectivity index (χ4v) is 5.70. The molecule has 0 aliphatic heterocycles. The predicted molar refractivity (Wildman–Crippen MR) is 149 cm³/mol. The van der Waals surface area contributed by atoms with Gasteiger partial charge >= 0.3 is 0 Å². The molecule has 0 spiro atoms. The summed E-state index contributed by atoms with van der Waals surface area (Å²) >= 11 is 0. The molecule has 0 unspecified atom stereocenters. The van der Waals surface area contributed by atoms with Gasteiger partial charge in [0.2, 0.25) is 0 Å². The Labute approximate surface area is 226 Å². The molecule has 0 saturated heterocycles. The first kappa shape index (κ1) is 23.2. The van der Waals surface area contributed by atoms with E-state index in [0.717, 1.165) is 44.7 Å². The average molecular weight is 520 g/mol. The molecule has 0 N–H and O–H groups in total. The van der Waals surface area contributed by atoms with Gasteiger partial charge < -0.3 is 9.13 Å². The fourth-order valence-electron chi connectivity index (χ4n) is 5.70. The van der Waals surface area contributed by atoms with E-state index < -0.39 is 11.6 Å². The molecule has 0 fully saturated rings. The van der Waals surface area contributed by atoms with Crippen molar-refractivity contribution in [2.75, 3.05) is 0 Å².